The molecule has 0 aliphatic heterocycles. The van der Waals surface area contributed by atoms with Gasteiger partial charge in [-0.15, -0.1) is 5.10 Å². The van der Waals surface area contributed by atoms with E-state index in [9.17, 15) is 8.78 Å². The van der Waals surface area contributed by atoms with Gasteiger partial charge in [-0.3, -0.25) is 0 Å². The van der Waals surface area contributed by atoms with Crippen LogP contribution >= 0.6 is 11.6 Å². The summed E-state index contributed by atoms with van der Waals surface area (Å²) >= 11 is 5.78. The third-order valence-corrected chi connectivity index (χ3v) is 3.94. The number of alkyl halides is 2. The van der Waals surface area contributed by atoms with Crippen molar-refractivity contribution in [2.75, 3.05) is 0 Å². The van der Waals surface area contributed by atoms with Gasteiger partial charge in [0.1, 0.15) is 11.3 Å². The highest BCUT2D eigenvalue weighted by Crippen LogP contribution is 2.26. The molecule has 0 aliphatic rings. The Hall–Kier alpha value is -2.61. The quantitative estimate of drug-likeness (QED) is 0.569. The van der Waals surface area contributed by atoms with Gasteiger partial charge in [-0.05, 0) is 36.7 Å². The molecule has 0 radical (unpaired) electrons. The minimum absolute atomic E-state index is 0.138. The predicted octanol–water partition coefficient (Wildman–Crippen LogP) is 3.37. The molecule has 0 saturated heterocycles. The zero-order valence-electron chi connectivity index (χ0n) is 12.5. The van der Waals surface area contributed by atoms with Gasteiger partial charge in [0.05, 0.1) is 24.0 Å². The van der Waals surface area contributed by atoms with Crippen LogP contribution in [0.25, 0.3) is 27.9 Å². The van der Waals surface area contributed by atoms with Gasteiger partial charge in [-0.2, -0.15) is 0 Å². The van der Waals surface area contributed by atoms with E-state index in [0.29, 0.717) is 22.7 Å². The number of rotatable bonds is 3. The molecule has 122 valence electrons. The van der Waals surface area contributed by atoms with Gasteiger partial charge in [0.15, 0.2) is 5.65 Å². The maximum Gasteiger partial charge on any atom is 0.256 e. The van der Waals surface area contributed by atoms with E-state index < -0.39 is 13.0 Å². The molecule has 24 heavy (non-hydrogen) atoms. The predicted molar refractivity (Wildman–Crippen MR) is 85.3 cm³/mol. The van der Waals surface area contributed by atoms with E-state index in [1.165, 1.54) is 4.57 Å². The molecule has 9 heteroatoms. The molecular formula is C15H11ClF2N6. The van der Waals surface area contributed by atoms with E-state index in [4.69, 9.17) is 11.6 Å². The first kappa shape index (κ1) is 14.9. The first-order chi connectivity index (χ1) is 11.5. The van der Waals surface area contributed by atoms with Crippen molar-refractivity contribution in [1.29, 1.82) is 0 Å². The maximum atomic E-state index is 12.8. The van der Waals surface area contributed by atoms with Crippen LogP contribution in [0.2, 0.25) is 5.28 Å². The molecule has 4 heterocycles. The fraction of sp³-hybridized carbons (Fsp3) is 0.200. The monoisotopic (exact) mass is 348 g/mol. The van der Waals surface area contributed by atoms with Crippen molar-refractivity contribution in [1.82, 2.24) is 29.1 Å². The molecule has 0 N–H and O–H groups in total. The van der Waals surface area contributed by atoms with Crippen molar-refractivity contribution >= 4 is 28.3 Å². The van der Waals surface area contributed by atoms with Crippen LogP contribution in [-0.4, -0.2) is 35.6 Å². The number of imidazole rings is 1. The average molecular weight is 349 g/mol. The molecular weight excluding hydrogens is 338 g/mol. The van der Waals surface area contributed by atoms with Crippen LogP contribution in [0, 0.1) is 6.92 Å². The van der Waals surface area contributed by atoms with Crippen LogP contribution in [-0.2, 0) is 6.54 Å². The first-order valence-corrected chi connectivity index (χ1v) is 7.53. The molecule has 4 aromatic rings. The summed E-state index contributed by atoms with van der Waals surface area (Å²) in [7, 11) is 0. The van der Waals surface area contributed by atoms with E-state index in [1.807, 2.05) is 6.07 Å². The van der Waals surface area contributed by atoms with Crippen molar-refractivity contribution in [3.05, 3.63) is 41.7 Å². The van der Waals surface area contributed by atoms with Crippen LogP contribution in [0.4, 0.5) is 8.78 Å². The molecule has 0 amide bonds. The fourth-order valence-electron chi connectivity index (χ4n) is 2.72. The second-order valence-electron chi connectivity index (χ2n) is 5.29. The summed E-state index contributed by atoms with van der Waals surface area (Å²) in [5.41, 5.74) is 3.16. The Morgan fingerprint density at radius 3 is 2.83 bits per heavy atom. The third-order valence-electron chi connectivity index (χ3n) is 3.77. The summed E-state index contributed by atoms with van der Waals surface area (Å²) < 4.78 is 28.7. The Balaban J connectivity index is 1.90. The van der Waals surface area contributed by atoms with Gasteiger partial charge in [-0.1, -0.05) is 0 Å². The Morgan fingerprint density at radius 2 is 2.04 bits per heavy atom. The van der Waals surface area contributed by atoms with E-state index in [1.54, 1.807) is 36.0 Å². The Kier molecular flexibility index (Phi) is 3.42. The lowest BCUT2D eigenvalue weighted by molar-refractivity contribution is 0.127. The number of aromatic nitrogens is 6. The maximum absolute atomic E-state index is 12.8. The van der Waals surface area contributed by atoms with E-state index >= 15 is 0 Å². The Labute approximate surface area is 139 Å². The summed E-state index contributed by atoms with van der Waals surface area (Å²) in [6.07, 6.45) is 0.863. The third kappa shape index (κ3) is 2.39. The summed E-state index contributed by atoms with van der Waals surface area (Å²) in [5.74, 6) is 0.506. The highest BCUT2D eigenvalue weighted by Gasteiger charge is 2.15. The number of hydrogen-bond acceptors (Lipinski definition) is 4. The molecule has 0 fully saturated rings. The SMILES string of the molecule is Cc1nc2ccc(-c3ccn4nc(Cl)ncc34)nc2n1CC(F)F. The highest BCUT2D eigenvalue weighted by atomic mass is 35.5. The van der Waals surface area contributed by atoms with Gasteiger partial charge in [0.2, 0.25) is 5.28 Å². The Bertz CT molecular complexity index is 1050. The normalized spacial score (nSPS) is 11.9. The van der Waals surface area contributed by atoms with E-state index in [-0.39, 0.29) is 5.28 Å². The minimum atomic E-state index is -2.47. The van der Waals surface area contributed by atoms with E-state index in [0.717, 1.165) is 11.1 Å². The molecule has 0 aliphatic carbocycles. The first-order valence-electron chi connectivity index (χ1n) is 7.15. The molecule has 0 aromatic carbocycles. The molecule has 0 saturated carbocycles. The zero-order valence-corrected chi connectivity index (χ0v) is 13.2. The lowest BCUT2D eigenvalue weighted by Crippen LogP contribution is -2.08. The largest absolute Gasteiger partial charge is 0.307 e. The number of aryl methyl sites for hydroxylation is 1. The summed E-state index contributed by atoms with van der Waals surface area (Å²) in [6, 6.07) is 5.40. The topological polar surface area (TPSA) is 60.9 Å². The second-order valence-corrected chi connectivity index (χ2v) is 5.62. The highest BCUT2D eigenvalue weighted by molar-refractivity contribution is 6.28. The van der Waals surface area contributed by atoms with E-state index in [2.05, 4.69) is 20.1 Å². The average Bonchev–Trinajstić information content (AvgIpc) is 3.08. The van der Waals surface area contributed by atoms with Crippen molar-refractivity contribution < 1.29 is 8.78 Å². The van der Waals surface area contributed by atoms with Crippen molar-refractivity contribution in [2.45, 2.75) is 19.9 Å². The van der Waals surface area contributed by atoms with Crippen molar-refractivity contribution in [2.24, 2.45) is 0 Å². The van der Waals surface area contributed by atoms with Gasteiger partial charge < -0.3 is 4.57 Å². The molecule has 0 bridgehead atoms. The van der Waals surface area contributed by atoms with Gasteiger partial charge in [0, 0.05) is 11.8 Å². The van der Waals surface area contributed by atoms with Crippen LogP contribution in [0.15, 0.2) is 30.6 Å². The Morgan fingerprint density at radius 1 is 1.21 bits per heavy atom. The van der Waals surface area contributed by atoms with Crippen molar-refractivity contribution in [3.8, 4) is 11.3 Å². The smallest absolute Gasteiger partial charge is 0.256 e. The lowest BCUT2D eigenvalue weighted by Gasteiger charge is -2.06. The number of halogens is 3. The van der Waals surface area contributed by atoms with Crippen LogP contribution < -0.4 is 0 Å². The molecule has 4 aromatic heterocycles. The van der Waals surface area contributed by atoms with Gasteiger partial charge in [0.25, 0.3) is 6.43 Å². The molecule has 0 spiro atoms. The standard InChI is InChI=1S/C15H11ClF2N6/c1-8-20-11-3-2-10(21-14(11)23(8)7-13(17)18)9-4-5-24-12(9)6-19-15(16)22-24/h2-6,13H,7H2,1H3. The molecule has 0 atom stereocenters. The van der Waals surface area contributed by atoms with Crippen LogP contribution in [0.5, 0.6) is 0 Å². The van der Waals surface area contributed by atoms with Crippen LogP contribution in [0.1, 0.15) is 5.82 Å². The summed E-state index contributed by atoms with van der Waals surface area (Å²) in [4.78, 5) is 12.8. The van der Waals surface area contributed by atoms with Crippen molar-refractivity contribution in [3.63, 3.8) is 0 Å². The molecule has 6 nitrogen and oxygen atoms in total. The van der Waals surface area contributed by atoms with Gasteiger partial charge >= 0.3 is 0 Å². The number of hydrogen-bond donors (Lipinski definition) is 0. The summed E-state index contributed by atoms with van der Waals surface area (Å²) in [6.45, 7) is 1.25. The lowest BCUT2D eigenvalue weighted by atomic mass is 10.2. The zero-order chi connectivity index (χ0) is 16.8. The second kappa shape index (κ2) is 5.48. The minimum Gasteiger partial charge on any atom is -0.307 e. The molecule has 4 rings (SSSR count). The number of nitrogens with zero attached hydrogens (tertiary/aromatic N) is 6. The number of pyridine rings is 1. The fourth-order valence-corrected chi connectivity index (χ4v) is 2.85. The van der Waals surface area contributed by atoms with Gasteiger partial charge in [-0.25, -0.2) is 28.2 Å². The number of fused-ring (bicyclic) bond motifs is 2. The summed E-state index contributed by atoms with van der Waals surface area (Å²) in [5, 5.41) is 4.21. The van der Waals surface area contributed by atoms with Crippen LogP contribution in [0.3, 0.4) is 0 Å². The molecule has 0 unspecified atom stereocenters.